The number of aliphatic hydroxyl groups excluding tert-OH is 1. The van der Waals surface area contributed by atoms with Crippen LogP contribution in [0.25, 0.3) is 11.4 Å². The van der Waals surface area contributed by atoms with Crippen molar-refractivity contribution in [3.63, 3.8) is 0 Å². The summed E-state index contributed by atoms with van der Waals surface area (Å²) in [7, 11) is 0. The summed E-state index contributed by atoms with van der Waals surface area (Å²) in [6, 6.07) is 13.7. The number of aromatic nitrogens is 3. The number of benzene rings is 1. The van der Waals surface area contributed by atoms with Crippen LogP contribution < -0.4 is 0 Å². The highest BCUT2D eigenvalue weighted by atomic mass is 16.5. The van der Waals surface area contributed by atoms with Crippen LogP contribution in [0.1, 0.15) is 37.3 Å². The monoisotopic (exact) mass is 323 g/mol. The van der Waals surface area contributed by atoms with Gasteiger partial charge >= 0.3 is 0 Å². The van der Waals surface area contributed by atoms with Gasteiger partial charge in [0.25, 0.3) is 0 Å². The fourth-order valence-corrected chi connectivity index (χ4v) is 2.92. The number of pyridine rings is 1. The lowest BCUT2D eigenvalue weighted by Gasteiger charge is -2.22. The van der Waals surface area contributed by atoms with Gasteiger partial charge in [0.15, 0.2) is 6.29 Å². The molecule has 5 nitrogen and oxygen atoms in total. The zero-order valence-electron chi connectivity index (χ0n) is 13.7. The second-order valence-corrected chi connectivity index (χ2v) is 6.15. The normalized spacial score (nSPS) is 12.8. The van der Waals surface area contributed by atoms with E-state index < -0.39 is 6.29 Å². The highest BCUT2D eigenvalue weighted by Gasteiger charge is 2.18. The Hall–Kier alpha value is -2.50. The van der Waals surface area contributed by atoms with E-state index >= 15 is 0 Å². The summed E-state index contributed by atoms with van der Waals surface area (Å²) in [6.45, 7) is 4.36. The quantitative estimate of drug-likeness (QED) is 0.708. The lowest BCUT2D eigenvalue weighted by atomic mass is 9.96. The minimum atomic E-state index is -1.51. The highest BCUT2D eigenvalue weighted by molar-refractivity contribution is 5.54. The molecule has 0 spiro atoms. The van der Waals surface area contributed by atoms with Crippen LogP contribution in [0.3, 0.4) is 0 Å². The molecule has 0 aliphatic rings. The molecule has 3 aromatic rings. The predicted octanol–water partition coefficient (Wildman–Crippen LogP) is 3.17. The standard InChI is InChI=1S/C19H21N3O2/c1-13(2)18(14-6-4-3-5-7-14)22-11-17(21-12-22)16-10-15(19(23)24)8-9-20-16/h3-13,18-19,23-24H,1-2H3. The third-order valence-corrected chi connectivity index (χ3v) is 4.04. The second kappa shape index (κ2) is 6.95. The number of imidazole rings is 1. The number of rotatable bonds is 5. The molecule has 3 rings (SSSR count). The Balaban J connectivity index is 1.96. The summed E-state index contributed by atoms with van der Waals surface area (Å²) in [6.07, 6.45) is 3.80. The summed E-state index contributed by atoms with van der Waals surface area (Å²) in [5.41, 5.74) is 2.95. The number of hydrogen-bond acceptors (Lipinski definition) is 4. The van der Waals surface area contributed by atoms with E-state index in [1.165, 1.54) is 5.56 Å². The van der Waals surface area contributed by atoms with E-state index in [1.807, 2.05) is 24.4 Å². The van der Waals surface area contributed by atoms with E-state index in [0.29, 0.717) is 22.9 Å². The van der Waals surface area contributed by atoms with Gasteiger partial charge < -0.3 is 14.8 Å². The van der Waals surface area contributed by atoms with Gasteiger partial charge in [-0.3, -0.25) is 4.98 Å². The maximum absolute atomic E-state index is 9.31. The molecule has 24 heavy (non-hydrogen) atoms. The molecule has 2 heterocycles. The molecule has 2 aromatic heterocycles. The molecule has 124 valence electrons. The largest absolute Gasteiger partial charge is 0.364 e. The summed E-state index contributed by atoms with van der Waals surface area (Å²) >= 11 is 0. The molecular formula is C19H21N3O2. The summed E-state index contributed by atoms with van der Waals surface area (Å²) in [5.74, 6) is 0.396. The van der Waals surface area contributed by atoms with Gasteiger partial charge in [0.1, 0.15) is 5.69 Å². The zero-order valence-corrected chi connectivity index (χ0v) is 13.7. The van der Waals surface area contributed by atoms with Crippen molar-refractivity contribution in [1.82, 2.24) is 14.5 Å². The Labute approximate surface area is 141 Å². The Morgan fingerprint density at radius 3 is 2.33 bits per heavy atom. The molecule has 0 saturated carbocycles. The van der Waals surface area contributed by atoms with Crippen LogP contribution in [0.5, 0.6) is 0 Å². The van der Waals surface area contributed by atoms with Crippen molar-refractivity contribution in [3.8, 4) is 11.4 Å². The van der Waals surface area contributed by atoms with Gasteiger partial charge in [0, 0.05) is 18.0 Å². The van der Waals surface area contributed by atoms with Crippen LogP contribution in [0, 0.1) is 5.92 Å². The van der Waals surface area contributed by atoms with E-state index in [4.69, 9.17) is 0 Å². The summed E-state index contributed by atoms with van der Waals surface area (Å²) < 4.78 is 2.08. The molecule has 1 aromatic carbocycles. The van der Waals surface area contributed by atoms with E-state index in [0.717, 1.165) is 0 Å². The second-order valence-electron chi connectivity index (χ2n) is 6.15. The molecule has 0 aliphatic heterocycles. The molecule has 0 radical (unpaired) electrons. The molecule has 1 unspecified atom stereocenters. The Bertz CT molecular complexity index is 797. The smallest absolute Gasteiger partial charge is 0.178 e. The highest BCUT2D eigenvalue weighted by Crippen LogP contribution is 2.28. The van der Waals surface area contributed by atoms with Crippen molar-refractivity contribution in [2.75, 3.05) is 0 Å². The fraction of sp³-hybridized carbons (Fsp3) is 0.263. The SMILES string of the molecule is CC(C)C(c1ccccc1)n1cnc(-c2cc(C(O)O)ccn2)c1. The van der Waals surface area contributed by atoms with Gasteiger partial charge in [0.05, 0.1) is 18.1 Å². The summed E-state index contributed by atoms with van der Waals surface area (Å²) in [4.78, 5) is 8.74. The van der Waals surface area contributed by atoms with E-state index in [9.17, 15) is 10.2 Å². The third-order valence-electron chi connectivity index (χ3n) is 4.04. The van der Waals surface area contributed by atoms with Gasteiger partial charge in [-0.15, -0.1) is 0 Å². The first kappa shape index (κ1) is 16.4. The van der Waals surface area contributed by atoms with Crippen LogP contribution in [0.15, 0.2) is 61.2 Å². The first-order chi connectivity index (χ1) is 11.6. The molecule has 0 saturated heterocycles. The van der Waals surface area contributed by atoms with Crippen molar-refractivity contribution in [1.29, 1.82) is 0 Å². The molecule has 5 heteroatoms. The minimum absolute atomic E-state index is 0.180. The van der Waals surface area contributed by atoms with Gasteiger partial charge in [-0.05, 0) is 23.6 Å². The topological polar surface area (TPSA) is 71.2 Å². The van der Waals surface area contributed by atoms with E-state index in [-0.39, 0.29) is 6.04 Å². The molecule has 1 atom stereocenters. The van der Waals surface area contributed by atoms with Gasteiger partial charge in [0.2, 0.25) is 0 Å². The van der Waals surface area contributed by atoms with Gasteiger partial charge in [-0.25, -0.2) is 4.98 Å². The Kier molecular flexibility index (Phi) is 4.74. The van der Waals surface area contributed by atoms with Crippen molar-refractivity contribution in [3.05, 3.63) is 72.3 Å². The first-order valence-corrected chi connectivity index (χ1v) is 7.97. The molecule has 0 amide bonds. The van der Waals surface area contributed by atoms with Gasteiger partial charge in [-0.2, -0.15) is 0 Å². The minimum Gasteiger partial charge on any atom is -0.364 e. The molecular weight excluding hydrogens is 302 g/mol. The number of nitrogens with zero attached hydrogens (tertiary/aromatic N) is 3. The lowest BCUT2D eigenvalue weighted by molar-refractivity contribution is -0.0425. The van der Waals surface area contributed by atoms with Crippen molar-refractivity contribution in [2.45, 2.75) is 26.2 Å². The van der Waals surface area contributed by atoms with Crippen LogP contribution in [-0.2, 0) is 0 Å². The van der Waals surface area contributed by atoms with E-state index in [1.54, 1.807) is 24.7 Å². The molecule has 0 bridgehead atoms. The van der Waals surface area contributed by atoms with Crippen LogP contribution >= 0.6 is 0 Å². The average molecular weight is 323 g/mol. The van der Waals surface area contributed by atoms with Crippen molar-refractivity contribution >= 4 is 0 Å². The van der Waals surface area contributed by atoms with Crippen LogP contribution in [0.4, 0.5) is 0 Å². The Morgan fingerprint density at radius 1 is 0.917 bits per heavy atom. The van der Waals surface area contributed by atoms with Gasteiger partial charge in [-0.1, -0.05) is 44.2 Å². The van der Waals surface area contributed by atoms with Crippen molar-refractivity contribution < 1.29 is 10.2 Å². The van der Waals surface area contributed by atoms with Crippen LogP contribution in [-0.4, -0.2) is 24.7 Å². The molecule has 0 aliphatic carbocycles. The van der Waals surface area contributed by atoms with Crippen LogP contribution in [0.2, 0.25) is 0 Å². The average Bonchev–Trinajstić information content (AvgIpc) is 3.05. The number of hydrogen-bond donors (Lipinski definition) is 2. The number of aliphatic hydroxyl groups is 2. The third kappa shape index (κ3) is 3.37. The summed E-state index contributed by atoms with van der Waals surface area (Å²) in [5, 5.41) is 18.6. The first-order valence-electron chi connectivity index (χ1n) is 7.97. The Morgan fingerprint density at radius 2 is 1.67 bits per heavy atom. The van der Waals surface area contributed by atoms with Crippen molar-refractivity contribution in [2.24, 2.45) is 5.92 Å². The fourth-order valence-electron chi connectivity index (χ4n) is 2.92. The van der Waals surface area contributed by atoms with E-state index in [2.05, 4.69) is 40.5 Å². The lowest BCUT2D eigenvalue weighted by Crippen LogP contribution is -2.15. The maximum Gasteiger partial charge on any atom is 0.178 e. The zero-order chi connectivity index (χ0) is 17.1. The maximum atomic E-state index is 9.31. The molecule has 2 N–H and O–H groups in total. The predicted molar refractivity (Wildman–Crippen MR) is 92.1 cm³/mol. The molecule has 0 fully saturated rings.